The van der Waals surface area contributed by atoms with Crippen molar-refractivity contribution in [3.8, 4) is 6.07 Å². The van der Waals surface area contributed by atoms with Gasteiger partial charge in [-0.15, -0.1) is 0 Å². The van der Waals surface area contributed by atoms with Crippen LogP contribution in [0, 0.1) is 11.3 Å². The van der Waals surface area contributed by atoms with Crippen molar-refractivity contribution in [2.24, 2.45) is 0 Å². The first kappa shape index (κ1) is 10.5. The van der Waals surface area contributed by atoms with Crippen LogP contribution in [0.3, 0.4) is 0 Å². The first-order chi connectivity index (χ1) is 6.77. The Morgan fingerprint density at radius 1 is 1.43 bits per heavy atom. The molecule has 0 unspecified atom stereocenters. The standard InChI is InChI=1S/C12H13NO/c1-2-12(14)8-7-10-5-3-4-6-11(10)9-13/h3-6H,2,7-8H2,1H3. The summed E-state index contributed by atoms with van der Waals surface area (Å²) in [6, 6.07) is 9.55. The summed E-state index contributed by atoms with van der Waals surface area (Å²) < 4.78 is 0. The molecule has 0 heterocycles. The third kappa shape index (κ3) is 2.70. The van der Waals surface area contributed by atoms with E-state index in [1.54, 1.807) is 6.07 Å². The molecule has 0 bridgehead atoms. The first-order valence-corrected chi connectivity index (χ1v) is 4.77. The Hall–Kier alpha value is -1.62. The van der Waals surface area contributed by atoms with Crippen LogP contribution in [0.5, 0.6) is 0 Å². The number of Topliss-reactive ketones (excluding diaryl/α,β-unsaturated/α-hetero) is 1. The monoisotopic (exact) mass is 187 g/mol. The zero-order chi connectivity index (χ0) is 10.4. The maximum Gasteiger partial charge on any atom is 0.132 e. The first-order valence-electron chi connectivity index (χ1n) is 4.77. The molecule has 0 spiro atoms. The van der Waals surface area contributed by atoms with Gasteiger partial charge in [0.1, 0.15) is 5.78 Å². The lowest BCUT2D eigenvalue weighted by atomic mass is 10.0. The predicted octanol–water partition coefficient (Wildman–Crippen LogP) is 2.47. The van der Waals surface area contributed by atoms with Gasteiger partial charge in [0.15, 0.2) is 0 Å². The van der Waals surface area contributed by atoms with Gasteiger partial charge in [0, 0.05) is 12.8 Å². The number of hydrogen-bond acceptors (Lipinski definition) is 2. The summed E-state index contributed by atoms with van der Waals surface area (Å²) in [6.45, 7) is 1.86. The molecule has 1 aromatic rings. The molecule has 0 saturated heterocycles. The van der Waals surface area contributed by atoms with Crippen molar-refractivity contribution in [2.75, 3.05) is 0 Å². The second-order valence-corrected chi connectivity index (χ2v) is 3.16. The van der Waals surface area contributed by atoms with E-state index in [4.69, 9.17) is 5.26 Å². The summed E-state index contributed by atoms with van der Waals surface area (Å²) in [7, 11) is 0. The molecule has 0 aliphatic carbocycles. The molecule has 0 saturated carbocycles. The minimum Gasteiger partial charge on any atom is -0.300 e. The van der Waals surface area contributed by atoms with Gasteiger partial charge in [0.25, 0.3) is 0 Å². The van der Waals surface area contributed by atoms with Gasteiger partial charge in [0.2, 0.25) is 0 Å². The number of rotatable bonds is 4. The minimum atomic E-state index is 0.248. The number of aryl methyl sites for hydroxylation is 1. The molecule has 0 fully saturated rings. The summed E-state index contributed by atoms with van der Waals surface area (Å²) in [6.07, 6.45) is 1.79. The topological polar surface area (TPSA) is 40.9 Å². The number of hydrogen-bond donors (Lipinski definition) is 0. The van der Waals surface area contributed by atoms with E-state index in [2.05, 4.69) is 6.07 Å². The molecule has 72 valence electrons. The smallest absolute Gasteiger partial charge is 0.132 e. The van der Waals surface area contributed by atoms with E-state index >= 15 is 0 Å². The number of nitrogens with zero attached hydrogens (tertiary/aromatic N) is 1. The molecule has 0 radical (unpaired) electrons. The lowest BCUT2D eigenvalue weighted by Crippen LogP contribution is -1.99. The number of nitriles is 1. The second kappa shape index (κ2) is 5.18. The van der Waals surface area contributed by atoms with Crippen molar-refractivity contribution >= 4 is 5.78 Å². The zero-order valence-corrected chi connectivity index (χ0v) is 8.29. The fourth-order valence-electron chi connectivity index (χ4n) is 1.30. The van der Waals surface area contributed by atoms with Gasteiger partial charge >= 0.3 is 0 Å². The summed E-state index contributed by atoms with van der Waals surface area (Å²) >= 11 is 0. The van der Waals surface area contributed by atoms with E-state index in [9.17, 15) is 4.79 Å². The van der Waals surface area contributed by atoms with E-state index in [0.717, 1.165) is 5.56 Å². The average Bonchev–Trinajstić information content (AvgIpc) is 2.26. The van der Waals surface area contributed by atoms with Gasteiger partial charge in [-0.2, -0.15) is 5.26 Å². The zero-order valence-electron chi connectivity index (χ0n) is 8.29. The Labute approximate surface area is 84.2 Å². The fourth-order valence-corrected chi connectivity index (χ4v) is 1.30. The SMILES string of the molecule is CCC(=O)CCc1ccccc1C#N. The number of carbonyl (C=O) groups excluding carboxylic acids is 1. The maximum absolute atomic E-state index is 11.1. The van der Waals surface area contributed by atoms with Crippen LogP contribution in [-0.4, -0.2) is 5.78 Å². The molecular formula is C12H13NO. The van der Waals surface area contributed by atoms with Crippen LogP contribution >= 0.6 is 0 Å². The molecule has 0 aliphatic heterocycles. The van der Waals surface area contributed by atoms with E-state index in [1.165, 1.54) is 0 Å². The highest BCUT2D eigenvalue weighted by atomic mass is 16.1. The summed E-state index contributed by atoms with van der Waals surface area (Å²) in [4.78, 5) is 11.1. The Kier molecular flexibility index (Phi) is 3.87. The third-order valence-corrected chi connectivity index (χ3v) is 2.21. The third-order valence-electron chi connectivity index (χ3n) is 2.21. The molecule has 2 heteroatoms. The Morgan fingerprint density at radius 3 is 2.79 bits per heavy atom. The van der Waals surface area contributed by atoms with Crippen LogP contribution in [0.2, 0.25) is 0 Å². The van der Waals surface area contributed by atoms with Crippen LogP contribution in [0.25, 0.3) is 0 Å². The minimum absolute atomic E-state index is 0.248. The summed E-state index contributed by atoms with van der Waals surface area (Å²) in [5.74, 6) is 0.248. The fraction of sp³-hybridized carbons (Fsp3) is 0.333. The van der Waals surface area contributed by atoms with Gasteiger partial charge in [-0.25, -0.2) is 0 Å². The largest absolute Gasteiger partial charge is 0.300 e. The van der Waals surface area contributed by atoms with Crippen LogP contribution in [-0.2, 0) is 11.2 Å². The molecule has 14 heavy (non-hydrogen) atoms. The second-order valence-electron chi connectivity index (χ2n) is 3.16. The molecule has 0 aliphatic rings. The van der Waals surface area contributed by atoms with E-state index in [1.807, 2.05) is 25.1 Å². The summed E-state index contributed by atoms with van der Waals surface area (Å²) in [5, 5.41) is 8.81. The Bertz CT molecular complexity index is 363. The molecule has 0 amide bonds. The van der Waals surface area contributed by atoms with E-state index in [0.29, 0.717) is 24.8 Å². The lowest BCUT2D eigenvalue weighted by molar-refractivity contribution is -0.118. The van der Waals surface area contributed by atoms with Crippen LogP contribution in [0.4, 0.5) is 0 Å². The molecule has 2 nitrogen and oxygen atoms in total. The number of benzene rings is 1. The maximum atomic E-state index is 11.1. The predicted molar refractivity (Wildman–Crippen MR) is 54.8 cm³/mol. The Balaban J connectivity index is 2.68. The molecule has 1 rings (SSSR count). The highest BCUT2D eigenvalue weighted by Gasteiger charge is 2.03. The van der Waals surface area contributed by atoms with Crippen molar-refractivity contribution in [3.63, 3.8) is 0 Å². The van der Waals surface area contributed by atoms with Crippen LogP contribution in [0.15, 0.2) is 24.3 Å². The van der Waals surface area contributed by atoms with Crippen molar-refractivity contribution in [2.45, 2.75) is 26.2 Å². The molecule has 1 aromatic carbocycles. The van der Waals surface area contributed by atoms with Crippen molar-refractivity contribution in [1.29, 1.82) is 5.26 Å². The van der Waals surface area contributed by atoms with Crippen LogP contribution in [0.1, 0.15) is 30.9 Å². The number of carbonyl (C=O) groups is 1. The Morgan fingerprint density at radius 2 is 2.14 bits per heavy atom. The normalized spacial score (nSPS) is 9.43. The van der Waals surface area contributed by atoms with Gasteiger partial charge in [-0.1, -0.05) is 25.1 Å². The van der Waals surface area contributed by atoms with Gasteiger partial charge in [-0.3, -0.25) is 4.79 Å². The number of ketones is 1. The summed E-state index contributed by atoms with van der Waals surface area (Å²) in [5.41, 5.74) is 1.65. The average molecular weight is 187 g/mol. The van der Waals surface area contributed by atoms with Crippen molar-refractivity contribution in [1.82, 2.24) is 0 Å². The molecule has 0 atom stereocenters. The van der Waals surface area contributed by atoms with Gasteiger partial charge in [-0.05, 0) is 18.1 Å². The molecular weight excluding hydrogens is 174 g/mol. The van der Waals surface area contributed by atoms with E-state index < -0.39 is 0 Å². The van der Waals surface area contributed by atoms with Gasteiger partial charge in [0.05, 0.1) is 11.6 Å². The lowest BCUT2D eigenvalue weighted by Gasteiger charge is -2.01. The van der Waals surface area contributed by atoms with Crippen molar-refractivity contribution < 1.29 is 4.79 Å². The quantitative estimate of drug-likeness (QED) is 0.726. The van der Waals surface area contributed by atoms with Gasteiger partial charge < -0.3 is 0 Å². The molecule has 0 aromatic heterocycles. The van der Waals surface area contributed by atoms with Crippen molar-refractivity contribution in [3.05, 3.63) is 35.4 Å². The highest BCUT2D eigenvalue weighted by molar-refractivity contribution is 5.78. The highest BCUT2D eigenvalue weighted by Crippen LogP contribution is 2.10. The van der Waals surface area contributed by atoms with E-state index in [-0.39, 0.29) is 5.78 Å². The molecule has 0 N–H and O–H groups in total. The van der Waals surface area contributed by atoms with Crippen LogP contribution < -0.4 is 0 Å².